The van der Waals surface area contributed by atoms with Crippen LogP contribution in [0.5, 0.6) is 0 Å². The molecule has 0 bridgehead atoms. The van der Waals surface area contributed by atoms with Gasteiger partial charge in [-0.3, -0.25) is 0 Å². The summed E-state index contributed by atoms with van der Waals surface area (Å²) in [6.07, 6.45) is -2.10. The van der Waals surface area contributed by atoms with E-state index in [1.807, 2.05) is 6.07 Å². The average molecular weight is 283 g/mol. The van der Waals surface area contributed by atoms with Crippen molar-refractivity contribution in [2.45, 2.75) is 25.6 Å². The predicted octanol–water partition coefficient (Wildman–Crippen LogP) is 4.19. The van der Waals surface area contributed by atoms with Gasteiger partial charge < -0.3 is 9.73 Å². The first-order valence-corrected chi connectivity index (χ1v) is 6.40. The van der Waals surface area contributed by atoms with Crippen LogP contribution in [0.4, 0.5) is 13.2 Å². The Hall–Kier alpha value is -1.75. The molecule has 1 aromatic carbocycles. The highest BCUT2D eigenvalue weighted by atomic mass is 19.4. The van der Waals surface area contributed by atoms with Crippen LogP contribution in [0.25, 0.3) is 0 Å². The van der Waals surface area contributed by atoms with Gasteiger partial charge in [0.2, 0.25) is 0 Å². The van der Waals surface area contributed by atoms with Crippen LogP contribution < -0.4 is 5.32 Å². The van der Waals surface area contributed by atoms with E-state index in [0.717, 1.165) is 11.8 Å². The molecule has 2 aromatic rings. The molecule has 0 aliphatic rings. The van der Waals surface area contributed by atoms with Gasteiger partial charge in [0.15, 0.2) is 0 Å². The van der Waals surface area contributed by atoms with Gasteiger partial charge >= 0.3 is 6.18 Å². The molecule has 1 heterocycles. The van der Waals surface area contributed by atoms with E-state index in [1.165, 1.54) is 12.1 Å². The molecule has 1 aromatic heterocycles. The molecular formula is C15H16F3NO. The topological polar surface area (TPSA) is 25.2 Å². The van der Waals surface area contributed by atoms with Crippen LogP contribution in [0.3, 0.4) is 0 Å². The number of alkyl halides is 3. The summed E-state index contributed by atoms with van der Waals surface area (Å²) in [6, 6.07) is 8.90. The molecule has 1 N–H and O–H groups in total. The Morgan fingerprint density at radius 3 is 2.55 bits per heavy atom. The third kappa shape index (κ3) is 3.63. The first-order valence-electron chi connectivity index (χ1n) is 6.40. The molecule has 2 rings (SSSR count). The van der Waals surface area contributed by atoms with E-state index in [1.54, 1.807) is 25.3 Å². The number of nitrogens with one attached hydrogen (secondary N) is 1. The Labute approximate surface area is 115 Å². The maximum Gasteiger partial charge on any atom is 0.416 e. The fourth-order valence-corrected chi connectivity index (χ4v) is 2.11. The summed E-state index contributed by atoms with van der Waals surface area (Å²) in [7, 11) is 0. The summed E-state index contributed by atoms with van der Waals surface area (Å²) in [4.78, 5) is 0. The van der Waals surface area contributed by atoms with Crippen LogP contribution in [0.1, 0.15) is 29.9 Å². The van der Waals surface area contributed by atoms with Crippen molar-refractivity contribution in [3.05, 3.63) is 59.5 Å². The molecule has 108 valence electrons. The number of benzene rings is 1. The van der Waals surface area contributed by atoms with Crippen molar-refractivity contribution < 1.29 is 17.6 Å². The third-order valence-electron chi connectivity index (χ3n) is 3.13. The van der Waals surface area contributed by atoms with E-state index < -0.39 is 11.7 Å². The summed E-state index contributed by atoms with van der Waals surface area (Å²) < 4.78 is 43.9. The minimum Gasteiger partial charge on any atom is -0.469 e. The maximum absolute atomic E-state index is 12.9. The minimum absolute atomic E-state index is 0.263. The fourth-order valence-electron chi connectivity index (χ4n) is 2.11. The van der Waals surface area contributed by atoms with Crippen LogP contribution >= 0.6 is 0 Å². The molecule has 0 aliphatic heterocycles. The second kappa shape index (κ2) is 6.13. The van der Waals surface area contributed by atoms with Gasteiger partial charge in [0.05, 0.1) is 11.8 Å². The van der Waals surface area contributed by atoms with Gasteiger partial charge in [-0.15, -0.1) is 0 Å². The lowest BCUT2D eigenvalue weighted by Gasteiger charge is -2.19. The van der Waals surface area contributed by atoms with Gasteiger partial charge in [-0.25, -0.2) is 0 Å². The van der Waals surface area contributed by atoms with E-state index in [0.29, 0.717) is 13.0 Å². The summed E-state index contributed by atoms with van der Waals surface area (Å²) in [5, 5.41) is 3.09. The molecule has 20 heavy (non-hydrogen) atoms. The molecule has 0 aliphatic carbocycles. The fraction of sp³-hybridized carbons (Fsp3) is 0.333. The van der Waals surface area contributed by atoms with Gasteiger partial charge in [-0.1, -0.05) is 18.2 Å². The molecule has 1 atom stereocenters. The second-order valence-corrected chi connectivity index (χ2v) is 4.59. The molecular weight excluding hydrogens is 267 g/mol. The lowest BCUT2D eigenvalue weighted by Crippen LogP contribution is -2.24. The van der Waals surface area contributed by atoms with Crippen molar-refractivity contribution in [2.24, 2.45) is 0 Å². The van der Waals surface area contributed by atoms with E-state index in [9.17, 15) is 13.2 Å². The number of hydrogen-bond donors (Lipinski definition) is 1. The number of hydrogen-bond acceptors (Lipinski definition) is 2. The largest absolute Gasteiger partial charge is 0.469 e. The van der Waals surface area contributed by atoms with Gasteiger partial charge in [-0.05, 0) is 30.7 Å². The van der Waals surface area contributed by atoms with Crippen LogP contribution in [0.2, 0.25) is 0 Å². The van der Waals surface area contributed by atoms with Crippen LogP contribution in [-0.2, 0) is 12.6 Å². The summed E-state index contributed by atoms with van der Waals surface area (Å²) >= 11 is 0. The van der Waals surface area contributed by atoms with Crippen molar-refractivity contribution in [2.75, 3.05) is 6.54 Å². The zero-order valence-corrected chi connectivity index (χ0v) is 11.1. The zero-order chi connectivity index (χ0) is 14.6. The molecule has 0 fully saturated rings. The highest BCUT2D eigenvalue weighted by molar-refractivity contribution is 5.32. The Bertz CT molecular complexity index is 534. The highest BCUT2D eigenvalue weighted by Crippen LogP contribution is 2.34. The molecule has 1 unspecified atom stereocenters. The third-order valence-corrected chi connectivity index (χ3v) is 3.13. The van der Waals surface area contributed by atoms with E-state index in [4.69, 9.17) is 4.42 Å². The summed E-state index contributed by atoms with van der Waals surface area (Å²) in [5.41, 5.74) is -0.322. The predicted molar refractivity (Wildman–Crippen MR) is 70.3 cm³/mol. The highest BCUT2D eigenvalue weighted by Gasteiger charge is 2.33. The zero-order valence-electron chi connectivity index (χ0n) is 11.1. The van der Waals surface area contributed by atoms with Crippen molar-refractivity contribution >= 4 is 0 Å². The molecule has 0 saturated heterocycles. The Balaban J connectivity index is 2.00. The normalized spacial score (nSPS) is 13.4. The molecule has 0 amide bonds. The second-order valence-electron chi connectivity index (χ2n) is 4.59. The Morgan fingerprint density at radius 2 is 1.90 bits per heavy atom. The standard InChI is InChI=1S/C15H16F3NO/c1-11(19-9-8-12-5-4-10-20-12)13-6-2-3-7-14(13)15(16,17)18/h2-7,10-11,19H,8-9H2,1H3. The maximum atomic E-state index is 12.9. The summed E-state index contributed by atoms with van der Waals surface area (Å²) in [6.45, 7) is 2.29. The lowest BCUT2D eigenvalue weighted by molar-refractivity contribution is -0.138. The van der Waals surface area contributed by atoms with E-state index in [2.05, 4.69) is 5.32 Å². The quantitative estimate of drug-likeness (QED) is 0.890. The molecule has 2 nitrogen and oxygen atoms in total. The first-order chi connectivity index (χ1) is 9.48. The molecule has 5 heteroatoms. The smallest absolute Gasteiger partial charge is 0.416 e. The molecule has 0 spiro atoms. The minimum atomic E-state index is -4.33. The van der Waals surface area contributed by atoms with Crippen LogP contribution in [0.15, 0.2) is 47.1 Å². The molecule has 0 saturated carbocycles. The molecule has 0 radical (unpaired) electrons. The van der Waals surface area contributed by atoms with Crippen molar-refractivity contribution in [1.82, 2.24) is 5.32 Å². The summed E-state index contributed by atoms with van der Waals surface area (Å²) in [5.74, 6) is 0.814. The van der Waals surface area contributed by atoms with Crippen molar-refractivity contribution in [1.29, 1.82) is 0 Å². The van der Waals surface area contributed by atoms with E-state index >= 15 is 0 Å². The average Bonchev–Trinajstić information content (AvgIpc) is 2.91. The lowest BCUT2D eigenvalue weighted by atomic mass is 10.0. The Morgan fingerprint density at radius 1 is 1.15 bits per heavy atom. The van der Waals surface area contributed by atoms with Crippen molar-refractivity contribution in [3.63, 3.8) is 0 Å². The van der Waals surface area contributed by atoms with Crippen LogP contribution in [0, 0.1) is 0 Å². The van der Waals surface area contributed by atoms with Gasteiger partial charge in [0, 0.05) is 19.0 Å². The van der Waals surface area contributed by atoms with Crippen molar-refractivity contribution in [3.8, 4) is 0 Å². The number of furan rings is 1. The van der Waals surface area contributed by atoms with Gasteiger partial charge in [0.1, 0.15) is 5.76 Å². The van der Waals surface area contributed by atoms with E-state index in [-0.39, 0.29) is 11.6 Å². The Kier molecular flexibility index (Phi) is 4.49. The van der Waals surface area contributed by atoms with Crippen LogP contribution in [-0.4, -0.2) is 6.54 Å². The van der Waals surface area contributed by atoms with Gasteiger partial charge in [0.25, 0.3) is 0 Å². The number of halogens is 3. The monoisotopic (exact) mass is 283 g/mol. The SMILES string of the molecule is CC(NCCc1ccco1)c1ccccc1C(F)(F)F. The van der Waals surface area contributed by atoms with Gasteiger partial charge in [-0.2, -0.15) is 13.2 Å². The first kappa shape index (κ1) is 14.7. The number of rotatable bonds is 5.